The van der Waals surface area contributed by atoms with Crippen molar-refractivity contribution in [3.8, 4) is 11.3 Å². The van der Waals surface area contributed by atoms with Gasteiger partial charge in [0.15, 0.2) is 5.82 Å². The Balaban J connectivity index is 1.41. The molecule has 0 atom stereocenters. The van der Waals surface area contributed by atoms with Crippen LogP contribution in [-0.4, -0.2) is 54.7 Å². The fourth-order valence-electron chi connectivity index (χ4n) is 5.74. The van der Waals surface area contributed by atoms with Crippen LogP contribution in [0.25, 0.3) is 22.3 Å². The molecule has 1 aliphatic carbocycles. The maximum absolute atomic E-state index is 5.51. The van der Waals surface area contributed by atoms with E-state index in [9.17, 15) is 0 Å². The molecular formula is C28H37N9. The Labute approximate surface area is 218 Å². The summed E-state index contributed by atoms with van der Waals surface area (Å²) in [6.45, 7) is 9.46. The van der Waals surface area contributed by atoms with E-state index in [0.29, 0.717) is 23.7 Å². The molecule has 0 radical (unpaired) electrons. The summed E-state index contributed by atoms with van der Waals surface area (Å²) in [4.78, 5) is 20.1. The van der Waals surface area contributed by atoms with Crippen molar-refractivity contribution < 1.29 is 0 Å². The van der Waals surface area contributed by atoms with E-state index >= 15 is 0 Å². The molecule has 4 aromatic heterocycles. The number of aromatic nitrogens is 6. The Morgan fingerprint density at radius 2 is 1.92 bits per heavy atom. The molecule has 0 aromatic carbocycles. The minimum absolute atomic E-state index is 0.314. The zero-order valence-electron chi connectivity index (χ0n) is 22.4. The average Bonchev–Trinajstić information content (AvgIpc) is 3.54. The number of aromatic amines is 2. The van der Waals surface area contributed by atoms with Gasteiger partial charge in [-0.15, -0.1) is 0 Å². The number of rotatable bonds is 7. The van der Waals surface area contributed by atoms with Gasteiger partial charge in [0.05, 0.1) is 35.0 Å². The fourth-order valence-corrected chi connectivity index (χ4v) is 5.74. The summed E-state index contributed by atoms with van der Waals surface area (Å²) >= 11 is 0. The lowest BCUT2D eigenvalue weighted by Crippen LogP contribution is -2.34. The van der Waals surface area contributed by atoms with Gasteiger partial charge in [-0.2, -0.15) is 15.4 Å². The fraction of sp³-hybridized carbons (Fsp3) is 0.464. The lowest BCUT2D eigenvalue weighted by atomic mass is 9.83. The van der Waals surface area contributed by atoms with Crippen molar-refractivity contribution in [2.75, 3.05) is 7.05 Å². The number of nitrogens with zero attached hydrogens (tertiary/aromatic N) is 6. The number of hydrogen-bond donors (Lipinski definition) is 3. The molecule has 9 nitrogen and oxygen atoms in total. The SMILES string of the molecule is Cc1c(-c2[nH]c3ccc(C4CCC(N(C)Cc5cn[nH]n5)CC4)nc3c2C(C)C)cnc(N=CN)c1C. The van der Waals surface area contributed by atoms with Crippen molar-refractivity contribution in [3.05, 3.63) is 52.6 Å². The maximum Gasteiger partial charge on any atom is 0.156 e. The molecule has 1 fully saturated rings. The van der Waals surface area contributed by atoms with Gasteiger partial charge in [-0.1, -0.05) is 13.8 Å². The number of hydrogen-bond acceptors (Lipinski definition) is 6. The first-order valence-electron chi connectivity index (χ1n) is 13.2. The summed E-state index contributed by atoms with van der Waals surface area (Å²) in [5.41, 5.74) is 15.5. The number of H-pyrrole nitrogens is 2. The second-order valence-electron chi connectivity index (χ2n) is 10.6. The van der Waals surface area contributed by atoms with Crippen LogP contribution in [0.15, 0.2) is 29.5 Å². The second kappa shape index (κ2) is 10.4. The quantitative estimate of drug-likeness (QED) is 0.235. The highest BCUT2D eigenvalue weighted by molar-refractivity contribution is 5.89. The van der Waals surface area contributed by atoms with Gasteiger partial charge in [0.2, 0.25) is 0 Å². The normalized spacial score (nSPS) is 18.6. The summed E-state index contributed by atoms with van der Waals surface area (Å²) in [7, 11) is 2.19. The summed E-state index contributed by atoms with van der Waals surface area (Å²) in [5, 5.41) is 10.8. The van der Waals surface area contributed by atoms with Crippen molar-refractivity contribution >= 4 is 23.2 Å². The number of nitrogens with two attached hydrogens (primary N) is 1. The van der Waals surface area contributed by atoms with E-state index in [1.165, 1.54) is 17.6 Å². The van der Waals surface area contributed by atoms with Gasteiger partial charge in [0, 0.05) is 41.5 Å². The van der Waals surface area contributed by atoms with E-state index in [1.807, 2.05) is 13.1 Å². The first kappa shape index (κ1) is 25.1. The molecule has 37 heavy (non-hydrogen) atoms. The monoisotopic (exact) mass is 499 g/mol. The Kier molecular flexibility index (Phi) is 7.06. The first-order valence-corrected chi connectivity index (χ1v) is 13.2. The summed E-state index contributed by atoms with van der Waals surface area (Å²) < 4.78 is 0. The van der Waals surface area contributed by atoms with Crippen molar-refractivity contribution in [3.63, 3.8) is 0 Å². The zero-order chi connectivity index (χ0) is 26.1. The summed E-state index contributed by atoms with van der Waals surface area (Å²) in [6, 6.07) is 4.98. The molecule has 0 spiro atoms. The van der Waals surface area contributed by atoms with E-state index in [2.05, 4.69) is 75.2 Å². The van der Waals surface area contributed by atoms with Crippen LogP contribution in [0.2, 0.25) is 0 Å². The molecule has 4 heterocycles. The largest absolute Gasteiger partial charge is 0.390 e. The van der Waals surface area contributed by atoms with Gasteiger partial charge in [0.1, 0.15) is 0 Å². The lowest BCUT2D eigenvalue weighted by molar-refractivity contribution is 0.173. The van der Waals surface area contributed by atoms with Gasteiger partial charge in [-0.05, 0) is 75.8 Å². The zero-order valence-corrected chi connectivity index (χ0v) is 22.4. The van der Waals surface area contributed by atoms with Gasteiger partial charge >= 0.3 is 0 Å². The molecule has 0 bridgehead atoms. The third kappa shape index (κ3) is 4.87. The van der Waals surface area contributed by atoms with Gasteiger partial charge in [0.25, 0.3) is 0 Å². The molecule has 4 aromatic rings. The Hall–Kier alpha value is -3.59. The topological polar surface area (TPSA) is 125 Å². The van der Waals surface area contributed by atoms with Crippen LogP contribution in [0.3, 0.4) is 0 Å². The molecule has 4 N–H and O–H groups in total. The highest BCUT2D eigenvalue weighted by Gasteiger charge is 2.27. The predicted molar refractivity (Wildman–Crippen MR) is 148 cm³/mol. The van der Waals surface area contributed by atoms with Crippen LogP contribution < -0.4 is 5.73 Å². The Morgan fingerprint density at radius 3 is 2.59 bits per heavy atom. The molecule has 5 rings (SSSR count). The molecule has 0 aliphatic heterocycles. The van der Waals surface area contributed by atoms with Gasteiger partial charge in [-0.25, -0.2) is 9.98 Å². The van der Waals surface area contributed by atoms with Crippen molar-refractivity contribution in [2.24, 2.45) is 10.7 Å². The molecule has 1 saturated carbocycles. The van der Waals surface area contributed by atoms with Crippen LogP contribution in [-0.2, 0) is 6.54 Å². The maximum atomic E-state index is 5.51. The predicted octanol–water partition coefficient (Wildman–Crippen LogP) is 5.26. The summed E-state index contributed by atoms with van der Waals surface area (Å²) in [6.07, 6.45) is 9.62. The molecule has 0 amide bonds. The highest BCUT2D eigenvalue weighted by atomic mass is 15.3. The van der Waals surface area contributed by atoms with E-state index < -0.39 is 0 Å². The lowest BCUT2D eigenvalue weighted by Gasteiger charge is -2.34. The van der Waals surface area contributed by atoms with E-state index in [0.717, 1.165) is 71.3 Å². The van der Waals surface area contributed by atoms with Crippen molar-refractivity contribution in [1.29, 1.82) is 0 Å². The molecule has 9 heteroatoms. The molecule has 0 saturated heterocycles. The standard InChI is InChI=1S/C28H37N9/c1-16(2)25-26(22-13-30-28(31-15-29)18(4)17(22)3)34-24-11-10-23(33-27(24)25)19-6-8-21(9-7-19)37(5)14-20-12-32-36-35-20/h10-13,15-16,19,21,34H,6-9,14H2,1-5H3,(H2,29,30,31)(H,32,35,36). The highest BCUT2D eigenvalue weighted by Crippen LogP contribution is 2.40. The minimum atomic E-state index is 0.314. The summed E-state index contributed by atoms with van der Waals surface area (Å²) in [5.74, 6) is 1.46. The van der Waals surface area contributed by atoms with Crippen LogP contribution in [0, 0.1) is 13.8 Å². The number of aliphatic imine (C=N–C) groups is 1. The second-order valence-corrected chi connectivity index (χ2v) is 10.6. The van der Waals surface area contributed by atoms with E-state index in [1.54, 1.807) is 6.20 Å². The van der Waals surface area contributed by atoms with Crippen LogP contribution in [0.4, 0.5) is 5.82 Å². The van der Waals surface area contributed by atoms with Gasteiger partial charge in [-0.3, -0.25) is 9.88 Å². The van der Waals surface area contributed by atoms with Gasteiger partial charge < -0.3 is 10.7 Å². The molecule has 1 aliphatic rings. The average molecular weight is 500 g/mol. The molecular weight excluding hydrogens is 462 g/mol. The number of nitrogens with one attached hydrogen (secondary N) is 2. The molecule has 194 valence electrons. The van der Waals surface area contributed by atoms with E-state index in [4.69, 9.17) is 10.7 Å². The third-order valence-corrected chi connectivity index (χ3v) is 7.98. The number of pyridine rings is 2. The smallest absolute Gasteiger partial charge is 0.156 e. The first-order chi connectivity index (χ1) is 17.9. The van der Waals surface area contributed by atoms with Crippen LogP contribution in [0.1, 0.15) is 79.4 Å². The van der Waals surface area contributed by atoms with Crippen molar-refractivity contribution in [1.82, 2.24) is 35.3 Å². The van der Waals surface area contributed by atoms with E-state index in [-0.39, 0.29) is 0 Å². The minimum Gasteiger partial charge on any atom is -0.390 e. The third-order valence-electron chi connectivity index (χ3n) is 7.98. The Bertz CT molecular complexity index is 1390. The van der Waals surface area contributed by atoms with Crippen LogP contribution in [0.5, 0.6) is 0 Å². The Morgan fingerprint density at radius 1 is 1.14 bits per heavy atom. The molecule has 0 unspecified atom stereocenters. The van der Waals surface area contributed by atoms with Crippen LogP contribution >= 0.6 is 0 Å². The number of fused-ring (bicyclic) bond motifs is 1. The van der Waals surface area contributed by atoms with Crippen molar-refractivity contribution in [2.45, 2.75) is 77.8 Å².